The molecule has 1 heteroatoms. The molecule has 0 bridgehead atoms. The van der Waals surface area contributed by atoms with Crippen LogP contribution in [0, 0.1) is 5.41 Å². The summed E-state index contributed by atoms with van der Waals surface area (Å²) >= 11 is 0. The molecule has 0 amide bonds. The van der Waals surface area contributed by atoms with Crippen molar-refractivity contribution in [2.45, 2.75) is 39.5 Å². The number of ketones is 1. The molecule has 2 rings (SSSR count). The van der Waals surface area contributed by atoms with Gasteiger partial charge in [0.05, 0.1) is 0 Å². The molecule has 0 radical (unpaired) electrons. The standard InChI is InChI=1S/C12H16O/c1-9-3-5-12(2)6-4-11(13)8-10(12)7-9/h7-8H,3-6H2,1-2H3/t12-/m0/s1. The molecule has 0 unspecified atom stereocenters. The highest BCUT2D eigenvalue weighted by Gasteiger charge is 2.33. The number of hydrogen-bond acceptors (Lipinski definition) is 1. The van der Waals surface area contributed by atoms with Crippen molar-refractivity contribution in [3.63, 3.8) is 0 Å². The lowest BCUT2D eigenvalue weighted by molar-refractivity contribution is -0.115. The lowest BCUT2D eigenvalue weighted by Gasteiger charge is -2.37. The smallest absolute Gasteiger partial charge is 0.156 e. The van der Waals surface area contributed by atoms with Crippen molar-refractivity contribution in [2.75, 3.05) is 0 Å². The number of carbonyl (C=O) groups excluding carboxylic acids is 1. The lowest BCUT2D eigenvalue weighted by atomic mass is 9.67. The average Bonchev–Trinajstić information content (AvgIpc) is 2.08. The molecule has 0 spiro atoms. The minimum absolute atomic E-state index is 0.299. The normalized spacial score (nSPS) is 33.5. The largest absolute Gasteiger partial charge is 0.295 e. The molecule has 0 fully saturated rings. The molecule has 0 N–H and O–H groups in total. The van der Waals surface area contributed by atoms with E-state index in [9.17, 15) is 4.79 Å². The monoisotopic (exact) mass is 176 g/mol. The van der Waals surface area contributed by atoms with Gasteiger partial charge < -0.3 is 0 Å². The molecular formula is C12H16O. The van der Waals surface area contributed by atoms with Crippen LogP contribution >= 0.6 is 0 Å². The van der Waals surface area contributed by atoms with Crippen molar-refractivity contribution in [1.29, 1.82) is 0 Å². The fraction of sp³-hybridized carbons (Fsp3) is 0.583. The summed E-state index contributed by atoms with van der Waals surface area (Å²) in [6, 6.07) is 0. The van der Waals surface area contributed by atoms with Gasteiger partial charge in [-0.25, -0.2) is 0 Å². The summed E-state index contributed by atoms with van der Waals surface area (Å²) in [7, 11) is 0. The van der Waals surface area contributed by atoms with Crippen molar-refractivity contribution in [3.8, 4) is 0 Å². The molecule has 1 atom stereocenters. The van der Waals surface area contributed by atoms with Gasteiger partial charge >= 0.3 is 0 Å². The van der Waals surface area contributed by atoms with Crippen LogP contribution in [0.15, 0.2) is 23.3 Å². The first kappa shape index (κ1) is 8.74. The van der Waals surface area contributed by atoms with E-state index in [4.69, 9.17) is 0 Å². The summed E-state index contributed by atoms with van der Waals surface area (Å²) < 4.78 is 0. The fourth-order valence-electron chi connectivity index (χ4n) is 2.26. The quantitative estimate of drug-likeness (QED) is 0.554. The Kier molecular flexibility index (Phi) is 1.90. The molecular weight excluding hydrogens is 160 g/mol. The number of hydrogen-bond donors (Lipinski definition) is 0. The summed E-state index contributed by atoms with van der Waals surface area (Å²) in [6.07, 6.45) is 8.26. The summed E-state index contributed by atoms with van der Waals surface area (Å²) in [5.41, 5.74) is 2.99. The molecule has 0 saturated carbocycles. The van der Waals surface area contributed by atoms with Crippen LogP contribution in [-0.2, 0) is 4.79 Å². The van der Waals surface area contributed by atoms with Crippen LogP contribution < -0.4 is 0 Å². The van der Waals surface area contributed by atoms with Crippen molar-refractivity contribution >= 4 is 5.78 Å². The Labute approximate surface area is 79.5 Å². The summed E-state index contributed by atoms with van der Waals surface area (Å²) in [6.45, 7) is 4.44. The Morgan fingerprint density at radius 1 is 1.23 bits per heavy atom. The molecule has 0 aromatic carbocycles. The van der Waals surface area contributed by atoms with Gasteiger partial charge in [0.25, 0.3) is 0 Å². The third kappa shape index (κ3) is 1.48. The highest BCUT2D eigenvalue weighted by atomic mass is 16.1. The van der Waals surface area contributed by atoms with Crippen LogP contribution in [0.3, 0.4) is 0 Å². The van der Waals surface area contributed by atoms with Crippen molar-refractivity contribution in [3.05, 3.63) is 23.3 Å². The Morgan fingerprint density at radius 3 is 2.69 bits per heavy atom. The zero-order valence-corrected chi connectivity index (χ0v) is 8.39. The van der Waals surface area contributed by atoms with Crippen molar-refractivity contribution in [1.82, 2.24) is 0 Å². The molecule has 70 valence electrons. The van der Waals surface area contributed by atoms with E-state index in [0.717, 1.165) is 12.8 Å². The Hall–Kier alpha value is -0.850. The summed E-state index contributed by atoms with van der Waals surface area (Å²) in [5.74, 6) is 0.304. The summed E-state index contributed by atoms with van der Waals surface area (Å²) in [5, 5.41) is 0. The number of allylic oxidation sites excluding steroid dienone is 4. The molecule has 0 heterocycles. The van der Waals surface area contributed by atoms with Gasteiger partial charge in [-0.1, -0.05) is 18.6 Å². The zero-order valence-electron chi connectivity index (χ0n) is 8.39. The van der Waals surface area contributed by atoms with Gasteiger partial charge in [-0.15, -0.1) is 0 Å². The highest BCUT2D eigenvalue weighted by Crippen LogP contribution is 2.45. The van der Waals surface area contributed by atoms with Gasteiger partial charge in [0.2, 0.25) is 0 Å². The maximum absolute atomic E-state index is 11.3. The predicted molar refractivity (Wildman–Crippen MR) is 53.4 cm³/mol. The lowest BCUT2D eigenvalue weighted by Crippen LogP contribution is -2.27. The second-order valence-electron chi connectivity index (χ2n) is 4.62. The van der Waals surface area contributed by atoms with Gasteiger partial charge in [-0.3, -0.25) is 4.79 Å². The SMILES string of the molecule is CC1=CC2=CC(=O)CC[C@]2(C)CC1. The van der Waals surface area contributed by atoms with E-state index in [1.165, 1.54) is 24.0 Å². The van der Waals surface area contributed by atoms with Gasteiger partial charge in [0.1, 0.15) is 0 Å². The molecule has 2 aliphatic rings. The average molecular weight is 176 g/mol. The minimum atomic E-state index is 0.299. The van der Waals surface area contributed by atoms with Crippen LogP contribution in [-0.4, -0.2) is 5.78 Å². The first-order valence-corrected chi connectivity index (χ1v) is 5.02. The van der Waals surface area contributed by atoms with E-state index in [2.05, 4.69) is 19.9 Å². The van der Waals surface area contributed by atoms with Crippen molar-refractivity contribution < 1.29 is 4.79 Å². The van der Waals surface area contributed by atoms with E-state index in [1.54, 1.807) is 0 Å². The number of rotatable bonds is 0. The van der Waals surface area contributed by atoms with E-state index < -0.39 is 0 Å². The maximum atomic E-state index is 11.3. The zero-order chi connectivity index (χ0) is 9.47. The maximum Gasteiger partial charge on any atom is 0.156 e. The molecule has 0 saturated heterocycles. The van der Waals surface area contributed by atoms with Crippen molar-refractivity contribution in [2.24, 2.45) is 5.41 Å². The fourth-order valence-corrected chi connectivity index (χ4v) is 2.26. The molecule has 1 nitrogen and oxygen atoms in total. The number of carbonyl (C=O) groups is 1. The first-order chi connectivity index (χ1) is 6.10. The van der Waals surface area contributed by atoms with Gasteiger partial charge in [0, 0.05) is 6.42 Å². The van der Waals surface area contributed by atoms with Crippen LogP contribution in [0.2, 0.25) is 0 Å². The first-order valence-electron chi connectivity index (χ1n) is 5.02. The topological polar surface area (TPSA) is 17.1 Å². The van der Waals surface area contributed by atoms with Gasteiger partial charge in [0.15, 0.2) is 5.78 Å². The number of fused-ring (bicyclic) bond motifs is 1. The highest BCUT2D eigenvalue weighted by molar-refractivity contribution is 5.92. The molecule has 2 aliphatic carbocycles. The Bertz CT molecular complexity index is 309. The Morgan fingerprint density at radius 2 is 1.92 bits per heavy atom. The second-order valence-corrected chi connectivity index (χ2v) is 4.62. The third-order valence-corrected chi connectivity index (χ3v) is 3.41. The van der Waals surface area contributed by atoms with E-state index in [-0.39, 0.29) is 0 Å². The Balaban J connectivity index is 2.41. The van der Waals surface area contributed by atoms with Crippen LogP contribution in [0.5, 0.6) is 0 Å². The van der Waals surface area contributed by atoms with Gasteiger partial charge in [-0.2, -0.15) is 0 Å². The predicted octanol–water partition coefficient (Wildman–Crippen LogP) is 3.02. The van der Waals surface area contributed by atoms with Crippen LogP contribution in [0.1, 0.15) is 39.5 Å². The molecule has 13 heavy (non-hydrogen) atoms. The molecule has 0 aromatic rings. The minimum Gasteiger partial charge on any atom is -0.295 e. The van der Waals surface area contributed by atoms with E-state index in [0.29, 0.717) is 11.2 Å². The van der Waals surface area contributed by atoms with Crippen LogP contribution in [0.4, 0.5) is 0 Å². The molecule has 0 aliphatic heterocycles. The summed E-state index contributed by atoms with van der Waals surface area (Å²) in [4.78, 5) is 11.3. The van der Waals surface area contributed by atoms with E-state index in [1.807, 2.05) is 6.08 Å². The van der Waals surface area contributed by atoms with Gasteiger partial charge in [-0.05, 0) is 43.3 Å². The van der Waals surface area contributed by atoms with E-state index >= 15 is 0 Å². The molecule has 0 aromatic heterocycles. The van der Waals surface area contributed by atoms with Crippen LogP contribution in [0.25, 0.3) is 0 Å². The third-order valence-electron chi connectivity index (χ3n) is 3.41. The second kappa shape index (κ2) is 2.83.